The first-order chi connectivity index (χ1) is 40.2. The van der Waals surface area contributed by atoms with Gasteiger partial charge in [0.1, 0.15) is 116 Å². The molecular weight excluding hydrogens is 1130 g/mol. The molecule has 0 spiro atoms. The Bertz CT molecular complexity index is 2170. The molecule has 6 aliphatic heterocycles. The zero-order chi connectivity index (χ0) is 61.5. The summed E-state index contributed by atoms with van der Waals surface area (Å²) in [5.41, 5.74) is -0.212. The molecule has 0 unspecified atom stereocenters. The van der Waals surface area contributed by atoms with E-state index in [1.807, 2.05) is 6.92 Å². The van der Waals surface area contributed by atoms with Gasteiger partial charge in [-0.1, -0.05) is 27.7 Å². The van der Waals surface area contributed by atoms with Gasteiger partial charge in [0.05, 0.1) is 51.3 Å². The molecule has 4 saturated carbocycles. The van der Waals surface area contributed by atoms with Crippen LogP contribution in [0.25, 0.3) is 0 Å². The van der Waals surface area contributed by atoms with Crippen molar-refractivity contribution in [2.75, 3.05) is 33.0 Å². The molecule has 0 amide bonds. The summed E-state index contributed by atoms with van der Waals surface area (Å²) in [6, 6.07) is 0. The Morgan fingerprint density at radius 2 is 1.01 bits per heavy atom. The maximum Gasteiger partial charge on any atom is 0.187 e. The highest BCUT2D eigenvalue weighted by Gasteiger charge is 2.69. The van der Waals surface area contributed by atoms with Crippen LogP contribution in [0.2, 0.25) is 0 Å². The monoisotopic (exact) mass is 1230 g/mol. The van der Waals surface area contributed by atoms with Gasteiger partial charge in [0, 0.05) is 12.3 Å². The Balaban J connectivity index is 0.826. The van der Waals surface area contributed by atoms with E-state index in [9.17, 15) is 86.8 Å². The standard InChI is InChI=1S/C57H96O28/c1-21(19-75-50-43(69)40(66)36(62)30(16-58)79-50)8-13-57(74)22(2)34-29(85-57)15-28-26-7-6-24-14-25(9-11-55(24,4)27(26)10-12-56(28,34)5)78-54-49(84-53-46(72)42(68)38(64)32(18-60)81-53)47(73)48(83-52-45(71)39(65)35(61)23(3)77-52)33(82-54)20-76-51-44(70)41(67)37(63)31(17-59)80-51/h21-54,58-74H,6-20H2,1-5H3/t21-,22-,23-,24+,25-,26+,27-,28-,29-,30+,31+,32+,33+,34-,35-,36+,37+,38+,39+,40-,41-,42-,43+,44+,45+,46+,47-,48+,49+,50+,51+,52-,53-,54+,55-,56-,57+/m0/s1. The van der Waals surface area contributed by atoms with E-state index in [-0.39, 0.29) is 47.2 Å². The van der Waals surface area contributed by atoms with Gasteiger partial charge < -0.3 is 139 Å². The molecule has 0 bridgehead atoms. The SMILES string of the molecule is C[C@@H](CC[C@@]1(O)O[C@H]2C[C@H]3[C@@H]4CC[C@@H]5C[C@@H](O[C@@H]6O[C@H](CO[C@@H]7O[C@H](CO)[C@@H](O)[C@H](O)[C@H]7O)[C@@H](O[C@@H]7O[C@@H](C)[C@H](O)[C@@H](O)[C@H]7O)[C@H](O)[C@H]6O[C@@H]6O[C@H](CO)[C@@H](O)[C@H](O)[C@H]6O)CC[C@]5(C)[C@H]4CC[C@]3(C)[C@H]2[C@@H]1C)CO[C@@H]1O[C@H](CO)[C@@H](O)[C@H](O)[C@H]1O. The molecule has 6 heterocycles. The Labute approximate surface area is 493 Å². The summed E-state index contributed by atoms with van der Waals surface area (Å²) in [6.07, 6.45) is -34.1. The molecule has 10 aliphatic rings. The van der Waals surface area contributed by atoms with Gasteiger partial charge in [-0.15, -0.1) is 0 Å². The second-order valence-corrected chi connectivity index (χ2v) is 27.1. The van der Waals surface area contributed by atoms with E-state index in [2.05, 4.69) is 20.8 Å². The van der Waals surface area contributed by atoms with Crippen LogP contribution in [-0.2, 0) is 52.1 Å². The summed E-state index contributed by atoms with van der Waals surface area (Å²) < 4.78 is 67.0. The van der Waals surface area contributed by atoms with E-state index < -0.39 is 192 Å². The summed E-state index contributed by atoms with van der Waals surface area (Å²) in [5.74, 6) is -0.282. The number of fused-ring (bicyclic) bond motifs is 7. The van der Waals surface area contributed by atoms with Crippen LogP contribution in [0.5, 0.6) is 0 Å². The molecule has 28 nitrogen and oxygen atoms in total. The second kappa shape index (κ2) is 26.5. The molecule has 10 rings (SSSR count). The minimum atomic E-state index is -1.95. The molecule has 10 fully saturated rings. The Morgan fingerprint density at radius 1 is 0.494 bits per heavy atom. The van der Waals surface area contributed by atoms with Crippen LogP contribution in [0.1, 0.15) is 98.8 Å². The first kappa shape index (κ1) is 66.8. The lowest BCUT2D eigenvalue weighted by Gasteiger charge is -2.61. The topological polar surface area (TPSA) is 445 Å². The van der Waals surface area contributed by atoms with Gasteiger partial charge in [0.15, 0.2) is 37.2 Å². The molecule has 28 heteroatoms. The van der Waals surface area contributed by atoms with Gasteiger partial charge in [-0.3, -0.25) is 0 Å². The van der Waals surface area contributed by atoms with E-state index >= 15 is 0 Å². The smallest absolute Gasteiger partial charge is 0.187 e. The third kappa shape index (κ3) is 12.4. The van der Waals surface area contributed by atoms with Crippen LogP contribution in [0.4, 0.5) is 0 Å². The van der Waals surface area contributed by atoms with Crippen molar-refractivity contribution >= 4 is 0 Å². The molecule has 0 radical (unpaired) electrons. The Hall–Kier alpha value is -1.12. The fourth-order valence-electron chi connectivity index (χ4n) is 17.0. The van der Waals surface area contributed by atoms with E-state index in [0.29, 0.717) is 43.4 Å². The number of rotatable bonds is 18. The lowest BCUT2D eigenvalue weighted by Crippen LogP contribution is -2.67. The zero-order valence-corrected chi connectivity index (χ0v) is 48.8. The minimum absolute atomic E-state index is 0.0999. The molecular formula is C57H96O28. The quantitative estimate of drug-likeness (QED) is 0.0571. The summed E-state index contributed by atoms with van der Waals surface area (Å²) in [5, 5.41) is 182. The number of hydrogen-bond acceptors (Lipinski definition) is 28. The Kier molecular flexibility index (Phi) is 20.8. The van der Waals surface area contributed by atoms with Crippen LogP contribution >= 0.6 is 0 Å². The molecule has 0 aromatic rings. The lowest BCUT2D eigenvalue weighted by molar-refractivity contribution is -0.395. The van der Waals surface area contributed by atoms with E-state index in [0.717, 1.165) is 38.5 Å². The summed E-state index contributed by atoms with van der Waals surface area (Å²) in [4.78, 5) is 0. The summed E-state index contributed by atoms with van der Waals surface area (Å²) in [7, 11) is 0. The van der Waals surface area contributed by atoms with Gasteiger partial charge in [0.25, 0.3) is 0 Å². The van der Waals surface area contributed by atoms with Crippen LogP contribution < -0.4 is 0 Å². The van der Waals surface area contributed by atoms with E-state index in [4.69, 9.17) is 52.1 Å². The Morgan fingerprint density at radius 3 is 1.61 bits per heavy atom. The number of hydrogen-bond donors (Lipinski definition) is 17. The summed E-state index contributed by atoms with van der Waals surface area (Å²) >= 11 is 0. The number of ether oxygens (including phenoxy) is 11. The van der Waals surface area contributed by atoms with Crippen molar-refractivity contribution in [3.8, 4) is 0 Å². The van der Waals surface area contributed by atoms with Crippen LogP contribution in [0.15, 0.2) is 0 Å². The van der Waals surface area contributed by atoms with Gasteiger partial charge >= 0.3 is 0 Å². The average Bonchev–Trinajstić information content (AvgIpc) is 1.64. The van der Waals surface area contributed by atoms with Gasteiger partial charge in [-0.05, 0) is 111 Å². The minimum Gasteiger partial charge on any atom is -0.394 e. The van der Waals surface area contributed by atoms with Gasteiger partial charge in [-0.25, -0.2) is 0 Å². The molecule has 0 aromatic carbocycles. The molecule has 492 valence electrons. The second-order valence-electron chi connectivity index (χ2n) is 27.1. The molecule has 17 N–H and O–H groups in total. The normalized spacial score (nSPS) is 55.8. The third-order valence-corrected chi connectivity index (χ3v) is 22.2. The highest BCUT2D eigenvalue weighted by molar-refractivity contribution is 5.15. The van der Waals surface area contributed by atoms with Gasteiger partial charge in [-0.2, -0.15) is 0 Å². The highest BCUT2D eigenvalue weighted by Crippen LogP contribution is 2.71. The van der Waals surface area contributed by atoms with E-state index in [1.54, 1.807) is 0 Å². The first-order valence-corrected chi connectivity index (χ1v) is 30.7. The molecule has 6 saturated heterocycles. The lowest BCUT2D eigenvalue weighted by atomic mass is 9.44. The largest absolute Gasteiger partial charge is 0.394 e. The maximum absolute atomic E-state index is 12.5. The average molecular weight is 1230 g/mol. The maximum atomic E-state index is 12.5. The van der Waals surface area contributed by atoms with Crippen molar-refractivity contribution in [3.63, 3.8) is 0 Å². The zero-order valence-electron chi connectivity index (χ0n) is 48.8. The van der Waals surface area contributed by atoms with Crippen molar-refractivity contribution in [3.05, 3.63) is 0 Å². The fourth-order valence-corrected chi connectivity index (χ4v) is 17.0. The predicted octanol–water partition coefficient (Wildman–Crippen LogP) is -5.10. The van der Waals surface area contributed by atoms with Crippen molar-refractivity contribution in [1.82, 2.24) is 0 Å². The molecule has 4 aliphatic carbocycles. The predicted molar refractivity (Wildman–Crippen MR) is 283 cm³/mol. The van der Waals surface area contributed by atoms with Gasteiger partial charge in [0.2, 0.25) is 0 Å². The third-order valence-electron chi connectivity index (χ3n) is 22.2. The van der Waals surface area contributed by atoms with Crippen molar-refractivity contribution < 1.29 is 139 Å². The van der Waals surface area contributed by atoms with Crippen LogP contribution in [0.3, 0.4) is 0 Å². The van der Waals surface area contributed by atoms with Crippen LogP contribution in [-0.4, -0.2) is 291 Å². The van der Waals surface area contributed by atoms with Crippen molar-refractivity contribution in [2.45, 2.75) is 270 Å². The summed E-state index contributed by atoms with van der Waals surface area (Å²) in [6.45, 7) is 7.51. The molecule has 85 heavy (non-hydrogen) atoms. The fraction of sp³-hybridized carbons (Fsp3) is 1.00. The number of aliphatic hydroxyl groups excluding tert-OH is 16. The van der Waals surface area contributed by atoms with E-state index in [1.165, 1.54) is 6.92 Å². The van der Waals surface area contributed by atoms with Crippen LogP contribution in [0, 0.1) is 52.3 Å². The molecule has 0 aromatic heterocycles. The highest BCUT2D eigenvalue weighted by atomic mass is 16.8. The molecule has 37 atom stereocenters. The van der Waals surface area contributed by atoms with Crippen molar-refractivity contribution in [2.24, 2.45) is 52.3 Å². The van der Waals surface area contributed by atoms with Crippen molar-refractivity contribution in [1.29, 1.82) is 0 Å². The first-order valence-electron chi connectivity index (χ1n) is 30.7. The number of aliphatic hydroxyl groups is 17.